The van der Waals surface area contributed by atoms with Crippen LogP contribution in [0.2, 0.25) is 0 Å². The van der Waals surface area contributed by atoms with E-state index in [2.05, 4.69) is 24.0 Å². The standard InChI is InChI=1S/C14H27N3O2/c1-6-14(4,18-5)13-16-12(19-17-13)8-11(9-15)7-10(2)3/h10-11H,6-9,15H2,1-5H3. The topological polar surface area (TPSA) is 74.2 Å². The molecule has 0 saturated carbocycles. The molecule has 0 aliphatic carbocycles. The van der Waals surface area contributed by atoms with Gasteiger partial charge in [0.05, 0.1) is 0 Å². The highest BCUT2D eigenvalue weighted by molar-refractivity contribution is 4.99. The van der Waals surface area contributed by atoms with Gasteiger partial charge in [-0.3, -0.25) is 0 Å². The van der Waals surface area contributed by atoms with Crippen molar-refractivity contribution in [2.45, 2.75) is 52.6 Å². The van der Waals surface area contributed by atoms with Crippen LogP contribution in [0.15, 0.2) is 4.52 Å². The lowest BCUT2D eigenvalue weighted by Gasteiger charge is -2.21. The van der Waals surface area contributed by atoms with E-state index >= 15 is 0 Å². The van der Waals surface area contributed by atoms with Crippen LogP contribution in [0.3, 0.4) is 0 Å². The lowest BCUT2D eigenvalue weighted by molar-refractivity contribution is -0.0106. The Hall–Kier alpha value is -0.940. The summed E-state index contributed by atoms with van der Waals surface area (Å²) in [6, 6.07) is 0. The summed E-state index contributed by atoms with van der Waals surface area (Å²) in [6.45, 7) is 9.05. The van der Waals surface area contributed by atoms with Gasteiger partial charge < -0.3 is 15.0 Å². The number of hydrogen-bond donors (Lipinski definition) is 1. The van der Waals surface area contributed by atoms with Crippen molar-refractivity contribution >= 4 is 0 Å². The summed E-state index contributed by atoms with van der Waals surface area (Å²) in [7, 11) is 1.67. The van der Waals surface area contributed by atoms with Crippen LogP contribution in [0, 0.1) is 11.8 Å². The van der Waals surface area contributed by atoms with Gasteiger partial charge >= 0.3 is 0 Å². The predicted molar refractivity (Wildman–Crippen MR) is 74.7 cm³/mol. The molecule has 19 heavy (non-hydrogen) atoms. The Labute approximate surface area is 115 Å². The molecule has 0 aliphatic rings. The van der Waals surface area contributed by atoms with Crippen molar-refractivity contribution in [2.24, 2.45) is 17.6 Å². The number of methoxy groups -OCH3 is 1. The van der Waals surface area contributed by atoms with E-state index in [1.165, 1.54) is 0 Å². The van der Waals surface area contributed by atoms with Crippen molar-refractivity contribution in [3.05, 3.63) is 11.7 Å². The minimum absolute atomic E-state index is 0.392. The summed E-state index contributed by atoms with van der Waals surface area (Å²) in [5.41, 5.74) is 5.33. The average Bonchev–Trinajstić information content (AvgIpc) is 2.85. The molecule has 1 rings (SSSR count). The van der Waals surface area contributed by atoms with Gasteiger partial charge in [0.1, 0.15) is 5.60 Å². The number of rotatable bonds is 8. The lowest BCUT2D eigenvalue weighted by atomic mass is 9.94. The van der Waals surface area contributed by atoms with Crippen LogP contribution in [0.4, 0.5) is 0 Å². The Bertz CT molecular complexity index is 373. The Morgan fingerprint density at radius 2 is 2.11 bits per heavy atom. The average molecular weight is 269 g/mol. The van der Waals surface area contributed by atoms with Gasteiger partial charge in [0.2, 0.25) is 11.7 Å². The molecule has 1 aromatic heterocycles. The van der Waals surface area contributed by atoms with Crippen molar-refractivity contribution in [1.82, 2.24) is 10.1 Å². The van der Waals surface area contributed by atoms with Gasteiger partial charge in [-0.25, -0.2) is 0 Å². The Balaban J connectivity index is 2.74. The molecule has 5 heteroatoms. The van der Waals surface area contributed by atoms with Crippen LogP contribution >= 0.6 is 0 Å². The zero-order valence-electron chi connectivity index (χ0n) is 12.8. The summed E-state index contributed by atoms with van der Waals surface area (Å²) >= 11 is 0. The van der Waals surface area contributed by atoms with E-state index in [1.54, 1.807) is 7.11 Å². The smallest absolute Gasteiger partial charge is 0.227 e. The van der Waals surface area contributed by atoms with E-state index in [1.807, 2.05) is 13.8 Å². The van der Waals surface area contributed by atoms with Gasteiger partial charge in [-0.1, -0.05) is 25.9 Å². The van der Waals surface area contributed by atoms with Crippen LogP contribution in [-0.4, -0.2) is 23.8 Å². The third-order valence-corrected chi connectivity index (χ3v) is 3.67. The van der Waals surface area contributed by atoms with Gasteiger partial charge in [0, 0.05) is 13.5 Å². The second-order valence-electron chi connectivity index (χ2n) is 5.74. The third kappa shape index (κ3) is 4.28. The van der Waals surface area contributed by atoms with E-state index in [0.717, 1.165) is 19.3 Å². The molecule has 2 N–H and O–H groups in total. The van der Waals surface area contributed by atoms with Crippen LogP contribution in [0.5, 0.6) is 0 Å². The van der Waals surface area contributed by atoms with E-state index in [-0.39, 0.29) is 0 Å². The summed E-state index contributed by atoms with van der Waals surface area (Å²) in [5.74, 6) is 2.29. The first kappa shape index (κ1) is 16.1. The maximum absolute atomic E-state index is 5.80. The lowest BCUT2D eigenvalue weighted by Crippen LogP contribution is -2.25. The molecule has 0 saturated heterocycles. The van der Waals surface area contributed by atoms with Crippen molar-refractivity contribution in [3.8, 4) is 0 Å². The van der Waals surface area contributed by atoms with E-state index < -0.39 is 5.60 Å². The fraction of sp³-hybridized carbons (Fsp3) is 0.857. The normalized spacial score (nSPS) is 16.6. The SMILES string of the molecule is CCC(C)(OC)c1noc(CC(CN)CC(C)C)n1. The number of nitrogens with two attached hydrogens (primary N) is 1. The zero-order chi connectivity index (χ0) is 14.5. The predicted octanol–water partition coefficient (Wildman–Crippen LogP) is 2.50. The van der Waals surface area contributed by atoms with Gasteiger partial charge in [-0.15, -0.1) is 0 Å². The molecule has 110 valence electrons. The summed E-state index contributed by atoms with van der Waals surface area (Å²) in [5, 5.41) is 4.04. The Morgan fingerprint density at radius 3 is 2.58 bits per heavy atom. The molecule has 0 amide bonds. The Morgan fingerprint density at radius 1 is 1.42 bits per heavy atom. The second kappa shape index (κ2) is 7.01. The molecule has 2 unspecified atom stereocenters. The summed E-state index contributed by atoms with van der Waals surface area (Å²) < 4.78 is 10.8. The molecule has 0 bridgehead atoms. The first-order chi connectivity index (χ1) is 8.95. The Kier molecular flexibility index (Phi) is 5.94. The van der Waals surface area contributed by atoms with Gasteiger partial charge in [0.25, 0.3) is 0 Å². The molecular weight excluding hydrogens is 242 g/mol. The number of nitrogens with zero attached hydrogens (tertiary/aromatic N) is 2. The number of aromatic nitrogens is 2. The van der Waals surface area contributed by atoms with E-state index in [0.29, 0.717) is 30.1 Å². The van der Waals surface area contributed by atoms with Crippen molar-refractivity contribution < 1.29 is 9.26 Å². The zero-order valence-corrected chi connectivity index (χ0v) is 12.8. The van der Waals surface area contributed by atoms with Crippen LogP contribution in [-0.2, 0) is 16.8 Å². The molecule has 0 radical (unpaired) electrons. The fourth-order valence-electron chi connectivity index (χ4n) is 2.12. The maximum Gasteiger partial charge on any atom is 0.227 e. The quantitative estimate of drug-likeness (QED) is 0.785. The minimum atomic E-state index is -0.474. The first-order valence-corrected chi connectivity index (χ1v) is 7.03. The molecule has 1 heterocycles. The van der Waals surface area contributed by atoms with Gasteiger partial charge in [0.15, 0.2) is 0 Å². The minimum Gasteiger partial charge on any atom is -0.370 e. The highest BCUT2D eigenvalue weighted by atomic mass is 16.5. The maximum atomic E-state index is 5.80. The van der Waals surface area contributed by atoms with Crippen molar-refractivity contribution in [1.29, 1.82) is 0 Å². The van der Waals surface area contributed by atoms with Crippen LogP contribution < -0.4 is 5.73 Å². The van der Waals surface area contributed by atoms with E-state index in [4.69, 9.17) is 15.0 Å². The number of ether oxygens (including phenoxy) is 1. The summed E-state index contributed by atoms with van der Waals surface area (Å²) in [6.07, 6.45) is 2.61. The molecule has 2 atom stereocenters. The van der Waals surface area contributed by atoms with E-state index in [9.17, 15) is 0 Å². The van der Waals surface area contributed by atoms with Crippen LogP contribution in [0.1, 0.15) is 52.3 Å². The highest BCUT2D eigenvalue weighted by Crippen LogP contribution is 2.26. The molecule has 0 fully saturated rings. The molecule has 1 aromatic rings. The number of hydrogen-bond acceptors (Lipinski definition) is 5. The van der Waals surface area contributed by atoms with Gasteiger partial charge in [-0.2, -0.15) is 4.98 Å². The third-order valence-electron chi connectivity index (χ3n) is 3.67. The highest BCUT2D eigenvalue weighted by Gasteiger charge is 2.30. The molecule has 0 spiro atoms. The van der Waals surface area contributed by atoms with Crippen molar-refractivity contribution in [3.63, 3.8) is 0 Å². The molecule has 0 aromatic carbocycles. The molecule has 5 nitrogen and oxygen atoms in total. The first-order valence-electron chi connectivity index (χ1n) is 7.03. The molecule has 0 aliphatic heterocycles. The van der Waals surface area contributed by atoms with Crippen LogP contribution in [0.25, 0.3) is 0 Å². The fourth-order valence-corrected chi connectivity index (χ4v) is 2.12. The monoisotopic (exact) mass is 269 g/mol. The summed E-state index contributed by atoms with van der Waals surface area (Å²) in [4.78, 5) is 4.46. The largest absolute Gasteiger partial charge is 0.370 e. The van der Waals surface area contributed by atoms with Gasteiger partial charge in [-0.05, 0) is 38.1 Å². The molecular formula is C14H27N3O2. The van der Waals surface area contributed by atoms with Crippen molar-refractivity contribution in [2.75, 3.05) is 13.7 Å². The second-order valence-corrected chi connectivity index (χ2v) is 5.74.